The summed E-state index contributed by atoms with van der Waals surface area (Å²) in [4.78, 5) is 0. The molecular formula is C18H22O4. The lowest BCUT2D eigenvalue weighted by Gasteiger charge is -2.12. The molecule has 0 bridgehead atoms. The normalized spacial score (nSPS) is 10.3. The maximum atomic E-state index is 10.2. The summed E-state index contributed by atoms with van der Waals surface area (Å²) in [7, 11) is 4.74. The van der Waals surface area contributed by atoms with Gasteiger partial charge in [0.05, 0.1) is 21.3 Å². The predicted octanol–water partition coefficient (Wildman–Crippen LogP) is 3.59. The van der Waals surface area contributed by atoms with Crippen LogP contribution in [0.3, 0.4) is 0 Å². The van der Waals surface area contributed by atoms with Crippen LogP contribution in [-0.4, -0.2) is 26.4 Å². The van der Waals surface area contributed by atoms with Crippen molar-refractivity contribution in [3.8, 4) is 23.0 Å². The molecule has 0 heterocycles. The summed E-state index contributed by atoms with van der Waals surface area (Å²) in [6.45, 7) is 0. The predicted molar refractivity (Wildman–Crippen MR) is 86.2 cm³/mol. The average molecular weight is 302 g/mol. The highest BCUT2D eigenvalue weighted by atomic mass is 16.5. The van der Waals surface area contributed by atoms with Crippen LogP contribution in [0.15, 0.2) is 36.4 Å². The fourth-order valence-electron chi connectivity index (χ4n) is 2.43. The quantitative estimate of drug-likeness (QED) is 0.849. The fraction of sp³-hybridized carbons (Fsp3) is 0.333. The van der Waals surface area contributed by atoms with Crippen LogP contribution in [0.4, 0.5) is 0 Å². The molecular weight excluding hydrogens is 280 g/mol. The number of phenolic OH excluding ortho intramolecular Hbond substituents is 1. The van der Waals surface area contributed by atoms with Crippen LogP contribution < -0.4 is 14.2 Å². The van der Waals surface area contributed by atoms with E-state index in [0.29, 0.717) is 11.5 Å². The minimum atomic E-state index is 0.164. The molecule has 22 heavy (non-hydrogen) atoms. The van der Waals surface area contributed by atoms with Crippen molar-refractivity contribution in [3.63, 3.8) is 0 Å². The maximum absolute atomic E-state index is 10.2. The van der Waals surface area contributed by atoms with Gasteiger partial charge in [-0.05, 0) is 48.6 Å². The molecule has 0 aliphatic carbocycles. The lowest BCUT2D eigenvalue weighted by molar-refractivity contribution is 0.331. The lowest BCUT2D eigenvalue weighted by atomic mass is 10.0. The molecule has 2 rings (SSSR count). The molecule has 1 N–H and O–H groups in total. The topological polar surface area (TPSA) is 47.9 Å². The smallest absolute Gasteiger partial charge is 0.203 e. The highest BCUT2D eigenvalue weighted by Crippen LogP contribution is 2.39. The Morgan fingerprint density at radius 3 is 2.14 bits per heavy atom. The van der Waals surface area contributed by atoms with E-state index in [1.807, 2.05) is 24.3 Å². The standard InChI is InChI=1S/C18H22O4/c1-20-15-10-7-13(8-11-15)5-4-6-14-9-12-16(21-2)18(22-3)17(14)19/h7-12,19H,4-6H2,1-3H3. The van der Waals surface area contributed by atoms with E-state index in [0.717, 1.165) is 30.6 Å². The first-order valence-corrected chi connectivity index (χ1v) is 7.25. The summed E-state index contributed by atoms with van der Waals surface area (Å²) < 4.78 is 15.5. The van der Waals surface area contributed by atoms with Crippen LogP contribution in [-0.2, 0) is 12.8 Å². The second-order valence-electron chi connectivity index (χ2n) is 5.01. The van der Waals surface area contributed by atoms with Crippen LogP contribution in [0.2, 0.25) is 0 Å². The molecule has 0 radical (unpaired) electrons. The SMILES string of the molecule is COc1ccc(CCCc2ccc(OC)c(OC)c2O)cc1. The van der Waals surface area contributed by atoms with Crippen molar-refractivity contribution in [2.75, 3.05) is 21.3 Å². The summed E-state index contributed by atoms with van der Waals surface area (Å²) in [5.74, 6) is 1.96. The van der Waals surface area contributed by atoms with Crippen molar-refractivity contribution in [2.45, 2.75) is 19.3 Å². The van der Waals surface area contributed by atoms with Gasteiger partial charge in [0, 0.05) is 0 Å². The third kappa shape index (κ3) is 3.64. The van der Waals surface area contributed by atoms with Crippen LogP contribution >= 0.6 is 0 Å². The Morgan fingerprint density at radius 1 is 0.818 bits per heavy atom. The van der Waals surface area contributed by atoms with Gasteiger partial charge in [0.15, 0.2) is 11.5 Å². The van der Waals surface area contributed by atoms with Crippen molar-refractivity contribution < 1.29 is 19.3 Å². The van der Waals surface area contributed by atoms with E-state index in [1.54, 1.807) is 14.2 Å². The summed E-state index contributed by atoms with van der Waals surface area (Å²) in [5.41, 5.74) is 2.12. The van der Waals surface area contributed by atoms with Crippen LogP contribution in [0.25, 0.3) is 0 Å². The van der Waals surface area contributed by atoms with E-state index in [4.69, 9.17) is 14.2 Å². The Morgan fingerprint density at radius 2 is 1.55 bits per heavy atom. The largest absolute Gasteiger partial charge is 0.504 e. The molecule has 0 fully saturated rings. The Bertz CT molecular complexity index is 605. The third-order valence-electron chi connectivity index (χ3n) is 3.67. The van der Waals surface area contributed by atoms with E-state index < -0.39 is 0 Å². The zero-order chi connectivity index (χ0) is 15.9. The van der Waals surface area contributed by atoms with Crippen molar-refractivity contribution >= 4 is 0 Å². The van der Waals surface area contributed by atoms with Crippen molar-refractivity contribution in [2.24, 2.45) is 0 Å². The minimum absolute atomic E-state index is 0.164. The highest BCUT2D eigenvalue weighted by molar-refractivity contribution is 5.54. The van der Waals surface area contributed by atoms with Crippen molar-refractivity contribution in [3.05, 3.63) is 47.5 Å². The van der Waals surface area contributed by atoms with Gasteiger partial charge in [0.2, 0.25) is 5.75 Å². The zero-order valence-corrected chi connectivity index (χ0v) is 13.3. The first-order valence-electron chi connectivity index (χ1n) is 7.25. The summed E-state index contributed by atoms with van der Waals surface area (Å²) in [5, 5.41) is 10.2. The first kappa shape index (κ1) is 16.0. The van der Waals surface area contributed by atoms with Gasteiger partial charge in [0.25, 0.3) is 0 Å². The van der Waals surface area contributed by atoms with E-state index in [9.17, 15) is 5.11 Å². The molecule has 2 aromatic carbocycles. The molecule has 0 saturated heterocycles. The number of hydrogen-bond donors (Lipinski definition) is 1. The summed E-state index contributed by atoms with van der Waals surface area (Å²) >= 11 is 0. The number of hydrogen-bond acceptors (Lipinski definition) is 4. The van der Waals surface area contributed by atoms with Gasteiger partial charge >= 0.3 is 0 Å². The molecule has 0 saturated carbocycles. The Kier molecular flexibility index (Phi) is 5.53. The molecule has 0 aliphatic heterocycles. The van der Waals surface area contributed by atoms with Crippen molar-refractivity contribution in [1.29, 1.82) is 0 Å². The zero-order valence-electron chi connectivity index (χ0n) is 13.3. The average Bonchev–Trinajstić information content (AvgIpc) is 2.56. The highest BCUT2D eigenvalue weighted by Gasteiger charge is 2.13. The molecule has 4 heteroatoms. The summed E-state index contributed by atoms with van der Waals surface area (Å²) in [6, 6.07) is 11.7. The third-order valence-corrected chi connectivity index (χ3v) is 3.67. The molecule has 0 amide bonds. The maximum Gasteiger partial charge on any atom is 0.203 e. The van der Waals surface area contributed by atoms with Gasteiger partial charge in [-0.3, -0.25) is 0 Å². The van der Waals surface area contributed by atoms with Crippen molar-refractivity contribution in [1.82, 2.24) is 0 Å². The number of aryl methyl sites for hydroxylation is 2. The fourth-order valence-corrected chi connectivity index (χ4v) is 2.43. The molecule has 2 aromatic rings. The lowest BCUT2D eigenvalue weighted by Crippen LogP contribution is -1.96. The van der Waals surface area contributed by atoms with Crippen LogP contribution in [0, 0.1) is 0 Å². The van der Waals surface area contributed by atoms with Gasteiger partial charge in [-0.15, -0.1) is 0 Å². The van der Waals surface area contributed by atoms with E-state index >= 15 is 0 Å². The van der Waals surface area contributed by atoms with Gasteiger partial charge in [-0.2, -0.15) is 0 Å². The number of aromatic hydroxyl groups is 1. The molecule has 118 valence electrons. The molecule has 0 aromatic heterocycles. The van der Waals surface area contributed by atoms with Crippen LogP contribution in [0.5, 0.6) is 23.0 Å². The molecule has 0 spiro atoms. The monoisotopic (exact) mass is 302 g/mol. The molecule has 4 nitrogen and oxygen atoms in total. The first-order chi connectivity index (χ1) is 10.7. The van der Waals surface area contributed by atoms with Gasteiger partial charge in [0.1, 0.15) is 5.75 Å². The van der Waals surface area contributed by atoms with Gasteiger partial charge in [-0.25, -0.2) is 0 Å². The van der Waals surface area contributed by atoms with E-state index in [2.05, 4.69) is 12.1 Å². The van der Waals surface area contributed by atoms with E-state index in [1.165, 1.54) is 12.7 Å². The van der Waals surface area contributed by atoms with Gasteiger partial charge in [-0.1, -0.05) is 18.2 Å². The Labute approximate surface area is 131 Å². The second kappa shape index (κ2) is 7.59. The Hall–Kier alpha value is -2.36. The number of benzene rings is 2. The number of ether oxygens (including phenoxy) is 3. The molecule has 0 aliphatic rings. The Balaban J connectivity index is 1.99. The number of phenols is 1. The second-order valence-corrected chi connectivity index (χ2v) is 5.01. The minimum Gasteiger partial charge on any atom is -0.504 e. The van der Waals surface area contributed by atoms with Crippen LogP contribution in [0.1, 0.15) is 17.5 Å². The molecule has 0 atom stereocenters. The summed E-state index contributed by atoms with van der Waals surface area (Å²) in [6.07, 6.45) is 2.66. The van der Waals surface area contributed by atoms with Gasteiger partial charge < -0.3 is 19.3 Å². The molecule has 0 unspecified atom stereocenters. The van der Waals surface area contributed by atoms with E-state index in [-0.39, 0.29) is 5.75 Å². The number of rotatable bonds is 7. The number of methoxy groups -OCH3 is 3.